The Kier molecular flexibility index (Phi) is 5.72. The first kappa shape index (κ1) is 15.9. The maximum Gasteiger partial charge on any atom is 0.307 e. The normalized spacial score (nSPS) is 16.5. The summed E-state index contributed by atoms with van der Waals surface area (Å²) >= 11 is 0. The van der Waals surface area contributed by atoms with E-state index in [-0.39, 0.29) is 17.8 Å². The molecule has 0 aliphatic carbocycles. The first-order valence-electron chi connectivity index (χ1n) is 7.13. The van der Waals surface area contributed by atoms with Gasteiger partial charge in [-0.05, 0) is 6.92 Å². The van der Waals surface area contributed by atoms with Crippen LogP contribution in [0.3, 0.4) is 0 Å². The van der Waals surface area contributed by atoms with E-state index in [0.29, 0.717) is 19.8 Å². The zero-order valence-electron chi connectivity index (χ0n) is 12.8. The molecular weight excluding hydrogens is 274 g/mol. The Morgan fingerprint density at radius 3 is 3.00 bits per heavy atom. The number of carbonyl (C=O) groups is 1. The van der Waals surface area contributed by atoms with Crippen molar-refractivity contribution < 1.29 is 18.7 Å². The Morgan fingerprint density at radius 1 is 1.48 bits per heavy atom. The van der Waals surface area contributed by atoms with Gasteiger partial charge in [0.25, 0.3) is 5.89 Å². The number of amides is 1. The van der Waals surface area contributed by atoms with Crippen molar-refractivity contribution in [2.45, 2.75) is 25.9 Å². The van der Waals surface area contributed by atoms with Crippen LogP contribution in [-0.4, -0.2) is 62.4 Å². The van der Waals surface area contributed by atoms with Crippen LogP contribution in [0.1, 0.15) is 29.1 Å². The zero-order chi connectivity index (χ0) is 15.2. The van der Waals surface area contributed by atoms with Gasteiger partial charge in [0, 0.05) is 46.3 Å². The van der Waals surface area contributed by atoms with Gasteiger partial charge in [-0.1, -0.05) is 0 Å². The van der Waals surface area contributed by atoms with Crippen molar-refractivity contribution in [3.63, 3.8) is 0 Å². The number of rotatable bonds is 7. The SMILES string of the molecule is COCCN1CCc2oc(C(=O)N[C@@H](C)COC)nc2C1. The number of nitrogens with one attached hydrogen (secondary N) is 1. The molecule has 1 amide bonds. The smallest absolute Gasteiger partial charge is 0.307 e. The molecule has 0 aromatic carbocycles. The number of hydrogen-bond donors (Lipinski definition) is 1. The number of fused-ring (bicyclic) bond motifs is 1. The van der Waals surface area contributed by atoms with Gasteiger partial charge < -0.3 is 19.2 Å². The minimum absolute atomic E-state index is 0.0790. The highest BCUT2D eigenvalue weighted by Gasteiger charge is 2.25. The molecule has 118 valence electrons. The molecule has 0 saturated carbocycles. The Balaban J connectivity index is 1.96. The number of hydrogen-bond acceptors (Lipinski definition) is 6. The van der Waals surface area contributed by atoms with E-state index in [2.05, 4.69) is 15.2 Å². The molecule has 7 heteroatoms. The Labute approximate surface area is 124 Å². The predicted molar refractivity (Wildman–Crippen MR) is 76.2 cm³/mol. The molecule has 0 unspecified atom stereocenters. The van der Waals surface area contributed by atoms with Crippen LogP contribution in [-0.2, 0) is 22.4 Å². The summed E-state index contributed by atoms with van der Waals surface area (Å²) < 4.78 is 15.6. The topological polar surface area (TPSA) is 76.8 Å². The van der Waals surface area contributed by atoms with E-state index < -0.39 is 0 Å². The van der Waals surface area contributed by atoms with Gasteiger partial charge in [0.1, 0.15) is 5.76 Å². The van der Waals surface area contributed by atoms with Gasteiger partial charge in [-0.25, -0.2) is 4.98 Å². The summed E-state index contributed by atoms with van der Waals surface area (Å²) in [5.41, 5.74) is 0.849. The Hall–Kier alpha value is -1.44. The van der Waals surface area contributed by atoms with Crippen molar-refractivity contribution in [3.8, 4) is 0 Å². The number of nitrogens with zero attached hydrogens (tertiary/aromatic N) is 2. The molecule has 1 aromatic rings. The number of carbonyl (C=O) groups excluding carboxylic acids is 1. The van der Waals surface area contributed by atoms with Gasteiger partial charge >= 0.3 is 5.91 Å². The van der Waals surface area contributed by atoms with E-state index in [9.17, 15) is 4.79 Å². The molecule has 2 rings (SSSR count). The standard InChI is InChI=1S/C14H23N3O4/c1-10(9-20-3)15-13(18)14-16-11-8-17(6-7-19-2)5-4-12(11)21-14/h10H,4-9H2,1-3H3,(H,15,18)/t10-/m0/s1. The van der Waals surface area contributed by atoms with Crippen LogP contribution in [0.5, 0.6) is 0 Å². The molecule has 1 aliphatic heterocycles. The second-order valence-electron chi connectivity index (χ2n) is 5.24. The van der Waals surface area contributed by atoms with E-state index in [0.717, 1.165) is 31.0 Å². The lowest BCUT2D eigenvalue weighted by Gasteiger charge is -2.24. The number of ether oxygens (including phenoxy) is 2. The summed E-state index contributed by atoms with van der Waals surface area (Å²) in [6, 6.07) is -0.0790. The second kappa shape index (κ2) is 7.53. The van der Waals surface area contributed by atoms with Gasteiger partial charge in [-0.15, -0.1) is 0 Å². The van der Waals surface area contributed by atoms with Crippen LogP contribution in [0.4, 0.5) is 0 Å². The molecule has 0 radical (unpaired) electrons. The quantitative estimate of drug-likeness (QED) is 0.787. The number of aromatic nitrogens is 1. The van der Waals surface area contributed by atoms with Crippen molar-refractivity contribution in [1.82, 2.24) is 15.2 Å². The van der Waals surface area contributed by atoms with E-state index in [1.165, 1.54) is 0 Å². The van der Waals surface area contributed by atoms with E-state index in [1.807, 2.05) is 6.92 Å². The van der Waals surface area contributed by atoms with Crippen LogP contribution < -0.4 is 5.32 Å². The average Bonchev–Trinajstić information content (AvgIpc) is 2.88. The maximum atomic E-state index is 12.0. The lowest BCUT2D eigenvalue weighted by atomic mass is 10.2. The van der Waals surface area contributed by atoms with E-state index >= 15 is 0 Å². The summed E-state index contributed by atoms with van der Waals surface area (Å²) in [7, 11) is 3.29. The first-order valence-corrected chi connectivity index (χ1v) is 7.13. The van der Waals surface area contributed by atoms with Crippen molar-refractivity contribution in [2.24, 2.45) is 0 Å². The van der Waals surface area contributed by atoms with E-state index in [4.69, 9.17) is 13.9 Å². The summed E-state index contributed by atoms with van der Waals surface area (Å²) in [6.07, 6.45) is 0.771. The third kappa shape index (κ3) is 4.26. The minimum atomic E-state index is -0.294. The van der Waals surface area contributed by atoms with Crippen LogP contribution in [0, 0.1) is 0 Å². The fraction of sp³-hybridized carbons (Fsp3) is 0.714. The van der Waals surface area contributed by atoms with Gasteiger partial charge in [0.2, 0.25) is 0 Å². The van der Waals surface area contributed by atoms with Crippen molar-refractivity contribution >= 4 is 5.91 Å². The molecule has 2 heterocycles. The molecule has 0 bridgehead atoms. The number of methoxy groups -OCH3 is 2. The van der Waals surface area contributed by atoms with Crippen molar-refractivity contribution in [3.05, 3.63) is 17.3 Å². The molecule has 0 fully saturated rings. The highest BCUT2D eigenvalue weighted by Crippen LogP contribution is 2.19. The van der Waals surface area contributed by atoms with Crippen LogP contribution in [0.25, 0.3) is 0 Å². The lowest BCUT2D eigenvalue weighted by molar-refractivity contribution is 0.0869. The zero-order valence-corrected chi connectivity index (χ0v) is 12.8. The Bertz CT molecular complexity index is 475. The fourth-order valence-electron chi connectivity index (χ4n) is 2.34. The van der Waals surface area contributed by atoms with Crippen molar-refractivity contribution in [1.29, 1.82) is 0 Å². The highest BCUT2D eigenvalue weighted by molar-refractivity contribution is 5.89. The Morgan fingerprint density at radius 2 is 2.29 bits per heavy atom. The van der Waals surface area contributed by atoms with Crippen LogP contribution in [0.15, 0.2) is 4.42 Å². The predicted octanol–water partition coefficient (Wildman–Crippen LogP) is 0.444. The molecule has 0 saturated heterocycles. The van der Waals surface area contributed by atoms with Gasteiger partial charge in [-0.3, -0.25) is 9.69 Å². The average molecular weight is 297 g/mol. The van der Waals surface area contributed by atoms with Crippen LogP contribution in [0.2, 0.25) is 0 Å². The second-order valence-corrected chi connectivity index (χ2v) is 5.24. The fourth-order valence-corrected chi connectivity index (χ4v) is 2.34. The molecule has 1 atom stereocenters. The molecule has 1 N–H and O–H groups in total. The third-order valence-corrected chi connectivity index (χ3v) is 3.41. The molecule has 0 spiro atoms. The molecule has 21 heavy (non-hydrogen) atoms. The van der Waals surface area contributed by atoms with Crippen LogP contribution >= 0.6 is 0 Å². The number of oxazole rings is 1. The largest absolute Gasteiger partial charge is 0.437 e. The summed E-state index contributed by atoms with van der Waals surface area (Å²) in [6.45, 7) is 5.47. The molecule has 1 aliphatic rings. The van der Waals surface area contributed by atoms with Gasteiger partial charge in [-0.2, -0.15) is 0 Å². The molecular formula is C14H23N3O4. The monoisotopic (exact) mass is 297 g/mol. The third-order valence-electron chi connectivity index (χ3n) is 3.41. The molecule has 7 nitrogen and oxygen atoms in total. The highest BCUT2D eigenvalue weighted by atomic mass is 16.5. The first-order chi connectivity index (χ1) is 10.1. The summed E-state index contributed by atoms with van der Waals surface area (Å²) in [5, 5.41) is 2.80. The summed E-state index contributed by atoms with van der Waals surface area (Å²) in [4.78, 5) is 18.6. The lowest BCUT2D eigenvalue weighted by Crippen LogP contribution is -2.35. The van der Waals surface area contributed by atoms with Gasteiger partial charge in [0.15, 0.2) is 0 Å². The summed E-state index contributed by atoms with van der Waals surface area (Å²) in [5.74, 6) is 0.655. The van der Waals surface area contributed by atoms with Crippen molar-refractivity contribution in [2.75, 3.05) is 40.5 Å². The van der Waals surface area contributed by atoms with E-state index in [1.54, 1.807) is 14.2 Å². The van der Waals surface area contributed by atoms with Gasteiger partial charge in [0.05, 0.1) is 18.9 Å². The molecule has 1 aromatic heterocycles. The minimum Gasteiger partial charge on any atom is -0.437 e. The maximum absolute atomic E-state index is 12.0.